The lowest BCUT2D eigenvalue weighted by atomic mass is 9.77. The van der Waals surface area contributed by atoms with Crippen LogP contribution in [-0.4, -0.2) is 181 Å². The second kappa shape index (κ2) is 24.8. The minimum Gasteiger partial charge on any atom is -0.494 e. The van der Waals surface area contributed by atoms with E-state index >= 15 is 0 Å². The number of likely N-dealkylation sites (N-methyl/N-ethyl adjacent to an activating group) is 2. The first-order chi connectivity index (χ1) is 34.0. The normalized spacial score (nSPS) is 38.0. The molecule has 19 heteroatoms. The van der Waals surface area contributed by atoms with Gasteiger partial charge in [-0.05, 0) is 105 Å². The van der Waals surface area contributed by atoms with Crippen LogP contribution in [0.2, 0.25) is 0 Å². The number of aliphatic hydroxyl groups is 4. The van der Waals surface area contributed by atoms with Crippen molar-refractivity contribution < 1.29 is 62.9 Å². The molecule has 0 aliphatic carbocycles. The van der Waals surface area contributed by atoms with Gasteiger partial charge >= 0.3 is 5.97 Å². The molecule has 72 heavy (non-hydrogen) atoms. The lowest BCUT2D eigenvalue weighted by Crippen LogP contribution is -2.59. The number of ether oxygens (including phenoxy) is 7. The second-order valence-electron chi connectivity index (χ2n) is 21.9. The Morgan fingerprint density at radius 2 is 1.65 bits per heavy atom. The zero-order valence-corrected chi connectivity index (χ0v) is 45.0. The van der Waals surface area contributed by atoms with Crippen molar-refractivity contribution in [1.82, 2.24) is 30.0 Å². The van der Waals surface area contributed by atoms with Crippen LogP contribution in [0.3, 0.4) is 0 Å². The molecule has 1 aromatic carbocycles. The van der Waals surface area contributed by atoms with Crippen LogP contribution < -0.4 is 4.74 Å². The summed E-state index contributed by atoms with van der Waals surface area (Å²) in [5.41, 5.74) is -1.53. The molecular weight excluding hydrogens is 929 g/mol. The smallest absolute Gasteiger partial charge is 0.311 e. The third kappa shape index (κ3) is 14.2. The van der Waals surface area contributed by atoms with Gasteiger partial charge in [0.15, 0.2) is 12.6 Å². The number of hydrogen-bond donors (Lipinski definition) is 4. The molecule has 0 bridgehead atoms. The van der Waals surface area contributed by atoms with Crippen molar-refractivity contribution in [2.75, 3.05) is 40.9 Å². The second-order valence-corrected chi connectivity index (χ2v) is 21.9. The van der Waals surface area contributed by atoms with Gasteiger partial charge in [-0.25, -0.2) is 0 Å². The minimum atomic E-state index is -1.80. The van der Waals surface area contributed by atoms with Gasteiger partial charge in [-0.1, -0.05) is 43.3 Å². The van der Waals surface area contributed by atoms with Gasteiger partial charge in [-0.15, -0.1) is 5.10 Å². The van der Waals surface area contributed by atoms with Crippen molar-refractivity contribution in [3.05, 3.63) is 48.6 Å². The number of carbonyl (C=O) groups excluding carboxylic acids is 1. The van der Waals surface area contributed by atoms with E-state index in [-0.39, 0.29) is 37.3 Å². The Hall–Kier alpha value is -3.60. The highest BCUT2D eigenvalue weighted by atomic mass is 16.7. The molecule has 0 amide bonds. The number of aliphatic hydroxyl groups excluding tert-OH is 2. The van der Waals surface area contributed by atoms with Gasteiger partial charge in [0.1, 0.15) is 35.9 Å². The molecule has 3 saturated heterocycles. The number of rotatable bonds is 16. The first kappa shape index (κ1) is 57.7. The maximum atomic E-state index is 14.5. The van der Waals surface area contributed by atoms with E-state index < -0.39 is 89.9 Å². The molecule has 406 valence electrons. The number of methoxy groups -OCH3 is 1. The van der Waals surface area contributed by atoms with Crippen LogP contribution >= 0.6 is 0 Å². The molecule has 5 heterocycles. The van der Waals surface area contributed by atoms with Crippen molar-refractivity contribution in [3.63, 3.8) is 0 Å². The fraction of sp³-hybridized carbons (Fsp3) is 0.774. The summed E-state index contributed by atoms with van der Waals surface area (Å²) in [4.78, 5) is 18.7. The molecular formula is C53H86N6O13. The zero-order chi connectivity index (χ0) is 52.7. The number of aromatic nitrogens is 4. The fourth-order valence-electron chi connectivity index (χ4n) is 11.2. The van der Waals surface area contributed by atoms with Gasteiger partial charge in [0, 0.05) is 82.2 Å². The van der Waals surface area contributed by atoms with E-state index in [0.29, 0.717) is 39.1 Å². The molecule has 0 radical (unpaired) electrons. The van der Waals surface area contributed by atoms with E-state index in [1.165, 1.54) is 14.0 Å². The molecule has 3 aliphatic heterocycles. The average molecular weight is 1020 g/mol. The minimum absolute atomic E-state index is 0.0642. The lowest BCUT2D eigenvalue weighted by Gasteiger charge is -2.48. The van der Waals surface area contributed by atoms with E-state index in [9.17, 15) is 25.2 Å². The van der Waals surface area contributed by atoms with Crippen molar-refractivity contribution in [3.8, 4) is 16.9 Å². The molecule has 3 aromatic rings. The Kier molecular flexibility index (Phi) is 19.9. The van der Waals surface area contributed by atoms with E-state index in [1.54, 1.807) is 47.1 Å². The monoisotopic (exact) mass is 1010 g/mol. The highest BCUT2D eigenvalue weighted by Gasteiger charge is 2.52. The van der Waals surface area contributed by atoms with Gasteiger partial charge in [0.25, 0.3) is 0 Å². The van der Waals surface area contributed by atoms with E-state index in [2.05, 4.69) is 27.4 Å². The van der Waals surface area contributed by atoms with Crippen molar-refractivity contribution >= 4 is 5.97 Å². The molecule has 19 nitrogen and oxygen atoms in total. The van der Waals surface area contributed by atoms with Crippen LogP contribution in [0.25, 0.3) is 11.1 Å². The molecule has 3 aliphatic rings. The van der Waals surface area contributed by atoms with Crippen LogP contribution in [0.1, 0.15) is 113 Å². The molecule has 2 aromatic heterocycles. The van der Waals surface area contributed by atoms with Gasteiger partial charge in [0.2, 0.25) is 0 Å². The predicted molar refractivity (Wildman–Crippen MR) is 268 cm³/mol. The Bertz CT molecular complexity index is 2110. The molecule has 4 N–H and O–H groups in total. The topological polar surface area (TPSA) is 226 Å². The van der Waals surface area contributed by atoms with Crippen LogP contribution in [-0.2, 0) is 46.2 Å². The summed E-state index contributed by atoms with van der Waals surface area (Å²) in [6.45, 7) is 20.4. The quantitative estimate of drug-likeness (QED) is 0.106. The van der Waals surface area contributed by atoms with Crippen LogP contribution in [0, 0.1) is 17.8 Å². The van der Waals surface area contributed by atoms with Crippen LogP contribution in [0.5, 0.6) is 5.75 Å². The van der Waals surface area contributed by atoms with Gasteiger partial charge < -0.3 is 67.9 Å². The van der Waals surface area contributed by atoms with E-state index in [0.717, 1.165) is 35.4 Å². The van der Waals surface area contributed by atoms with Crippen molar-refractivity contribution in [2.24, 2.45) is 17.8 Å². The fourth-order valence-corrected chi connectivity index (χ4v) is 11.2. The number of benzene rings is 1. The van der Waals surface area contributed by atoms with Crippen LogP contribution in [0.15, 0.2) is 47.4 Å². The largest absolute Gasteiger partial charge is 0.494 e. The lowest BCUT2D eigenvalue weighted by molar-refractivity contribution is -0.308. The summed E-state index contributed by atoms with van der Waals surface area (Å²) in [6, 6.07) is 7.35. The number of hydrogen-bond acceptors (Lipinski definition) is 18. The Morgan fingerprint density at radius 3 is 2.32 bits per heavy atom. The molecule has 17 atom stereocenters. The summed E-state index contributed by atoms with van der Waals surface area (Å²) in [7, 11) is 5.49. The summed E-state index contributed by atoms with van der Waals surface area (Å²) in [6.07, 6.45) is 0.904. The maximum Gasteiger partial charge on any atom is 0.311 e. The molecule has 0 unspecified atom stereocenters. The van der Waals surface area contributed by atoms with E-state index in [1.807, 2.05) is 74.8 Å². The maximum absolute atomic E-state index is 14.5. The summed E-state index contributed by atoms with van der Waals surface area (Å²) >= 11 is 0. The van der Waals surface area contributed by atoms with Crippen molar-refractivity contribution in [2.45, 2.75) is 205 Å². The Morgan fingerprint density at radius 1 is 0.931 bits per heavy atom. The highest BCUT2D eigenvalue weighted by molar-refractivity contribution is 5.73. The number of carbonyl (C=O) groups is 1. The number of cyclic esters (lactones) is 1. The van der Waals surface area contributed by atoms with E-state index in [4.69, 9.17) is 37.7 Å². The Balaban J connectivity index is 1.17. The zero-order valence-electron chi connectivity index (χ0n) is 45.0. The molecule has 0 spiro atoms. The van der Waals surface area contributed by atoms with Gasteiger partial charge in [-0.3, -0.25) is 9.48 Å². The third-order valence-corrected chi connectivity index (χ3v) is 15.8. The predicted octanol–water partition coefficient (Wildman–Crippen LogP) is 5.26. The van der Waals surface area contributed by atoms with Crippen molar-refractivity contribution in [1.29, 1.82) is 0 Å². The number of aryl methyl sites for hydroxylation is 1. The first-order valence-corrected chi connectivity index (χ1v) is 26.1. The van der Waals surface area contributed by atoms with Gasteiger partial charge in [0.05, 0.1) is 60.0 Å². The van der Waals surface area contributed by atoms with Crippen LogP contribution in [0.4, 0.5) is 0 Å². The molecule has 0 saturated carbocycles. The summed E-state index contributed by atoms with van der Waals surface area (Å²) in [5, 5.41) is 60.1. The Labute approximate surface area is 426 Å². The summed E-state index contributed by atoms with van der Waals surface area (Å²) < 4.78 is 51.5. The molecule has 6 rings (SSSR count). The van der Waals surface area contributed by atoms with Gasteiger partial charge in [-0.2, -0.15) is 0 Å². The average Bonchev–Trinajstić information content (AvgIpc) is 4.06. The SMILES string of the molecule is CC[C@H]1OC(=O)[C@H](C)[C@@H](O[C@H]2C[C@@](C)(OC)[C@@H](O)[C@H](C)O2)[C@H](C)[C@@H](O[C@H]2C[C@@H](N(C)CCc3cn(CCCOc4ccc(-c5cnoc5)cc4)nn3)C[C@@H](C)O2)[C@](C)(O)C[C@@H](C)CN(C)[C@H](C)[C@@H](O)[C@]1(C)O. The highest BCUT2D eigenvalue weighted by Crippen LogP contribution is 2.40. The standard InChI is InChI=1S/C53H86N6O13/c1-14-43-53(10,64)47(60)36(6)58(12)29-32(2)26-51(8,63)49(34(4)46(35(5)50(62)70-43)71-45-27-52(9,65-13)48(61)37(7)69-45)72-44-25-41(24-33(3)68-44)57(11)22-20-40-30-59(56-55-40)21-15-23-66-42-18-16-38(17-19-42)39-28-54-67-31-39/h16-19,28,30-37,41,43-49,60-61,63-64H,14-15,20-27,29H2,1-13H3/t32-,33-,34+,35-,36-,37+,41+,43-,44+,45+,46+,47-,48+,49-,51-,52-,53-/m1/s1. The summed E-state index contributed by atoms with van der Waals surface area (Å²) in [5.74, 6) is -1.67. The first-order valence-electron chi connectivity index (χ1n) is 26.1. The number of esters is 1. The third-order valence-electron chi connectivity index (χ3n) is 15.8. The number of nitrogens with zero attached hydrogens (tertiary/aromatic N) is 6. The molecule has 3 fully saturated rings.